The van der Waals surface area contributed by atoms with Crippen LogP contribution in [0.4, 0.5) is 5.69 Å². The molecule has 2 heteroatoms. The summed E-state index contributed by atoms with van der Waals surface area (Å²) in [6.45, 7) is 8.86. The molecule has 0 amide bonds. The standard InChI is InChI=1S/C16H28N2/c1-4-18(16-11-6-5-7-12-16)13-14(2)9-8-10-15(3)17/h5-7,11-12,14-15H,4,8-10,13,17H2,1-3H3. The third-order valence-electron chi connectivity index (χ3n) is 3.39. The van der Waals surface area contributed by atoms with E-state index in [1.165, 1.54) is 18.5 Å². The lowest BCUT2D eigenvalue weighted by Crippen LogP contribution is -2.28. The molecular formula is C16H28N2. The van der Waals surface area contributed by atoms with Gasteiger partial charge in [-0.05, 0) is 44.7 Å². The zero-order chi connectivity index (χ0) is 13.4. The third-order valence-corrected chi connectivity index (χ3v) is 3.39. The lowest BCUT2D eigenvalue weighted by molar-refractivity contribution is 0.475. The normalized spacial score (nSPS) is 14.2. The Hall–Kier alpha value is -1.02. The number of rotatable bonds is 8. The van der Waals surface area contributed by atoms with E-state index in [2.05, 4.69) is 56.0 Å². The van der Waals surface area contributed by atoms with Crippen LogP contribution in [0.5, 0.6) is 0 Å². The molecule has 0 aromatic heterocycles. The van der Waals surface area contributed by atoms with E-state index in [-0.39, 0.29) is 0 Å². The van der Waals surface area contributed by atoms with Crippen LogP contribution in [0.1, 0.15) is 40.0 Å². The smallest absolute Gasteiger partial charge is 0.0366 e. The largest absolute Gasteiger partial charge is 0.372 e. The highest BCUT2D eigenvalue weighted by molar-refractivity contribution is 5.45. The van der Waals surface area contributed by atoms with Crippen molar-refractivity contribution in [2.75, 3.05) is 18.0 Å². The molecule has 2 unspecified atom stereocenters. The number of hydrogen-bond donors (Lipinski definition) is 1. The molecule has 0 radical (unpaired) electrons. The highest BCUT2D eigenvalue weighted by Crippen LogP contribution is 2.17. The van der Waals surface area contributed by atoms with E-state index in [4.69, 9.17) is 5.73 Å². The van der Waals surface area contributed by atoms with E-state index >= 15 is 0 Å². The molecule has 0 heterocycles. The molecule has 2 atom stereocenters. The molecule has 2 N–H and O–H groups in total. The molecular weight excluding hydrogens is 220 g/mol. The summed E-state index contributed by atoms with van der Waals surface area (Å²) in [4.78, 5) is 2.45. The van der Waals surface area contributed by atoms with Crippen LogP contribution in [0, 0.1) is 5.92 Å². The van der Waals surface area contributed by atoms with E-state index in [0.717, 1.165) is 25.4 Å². The van der Waals surface area contributed by atoms with Crippen molar-refractivity contribution in [2.24, 2.45) is 11.7 Å². The van der Waals surface area contributed by atoms with E-state index in [9.17, 15) is 0 Å². The van der Waals surface area contributed by atoms with Crippen molar-refractivity contribution in [3.8, 4) is 0 Å². The summed E-state index contributed by atoms with van der Waals surface area (Å²) in [6, 6.07) is 11.0. The Balaban J connectivity index is 2.39. The summed E-state index contributed by atoms with van der Waals surface area (Å²) in [5.41, 5.74) is 7.12. The van der Waals surface area contributed by atoms with Crippen LogP contribution in [-0.2, 0) is 0 Å². The Morgan fingerprint density at radius 3 is 2.33 bits per heavy atom. The molecule has 1 aromatic rings. The lowest BCUT2D eigenvalue weighted by atomic mass is 10.0. The maximum atomic E-state index is 5.79. The lowest BCUT2D eigenvalue weighted by Gasteiger charge is -2.26. The van der Waals surface area contributed by atoms with Gasteiger partial charge < -0.3 is 10.6 Å². The second kappa shape index (κ2) is 8.15. The minimum Gasteiger partial charge on any atom is -0.372 e. The van der Waals surface area contributed by atoms with Crippen LogP contribution < -0.4 is 10.6 Å². The maximum Gasteiger partial charge on any atom is 0.0366 e. The predicted octanol–water partition coefficient (Wildman–Crippen LogP) is 3.67. The van der Waals surface area contributed by atoms with E-state index in [0.29, 0.717) is 6.04 Å². The molecule has 102 valence electrons. The summed E-state index contributed by atoms with van der Waals surface area (Å²) < 4.78 is 0. The van der Waals surface area contributed by atoms with Crippen molar-refractivity contribution in [3.63, 3.8) is 0 Å². The number of benzene rings is 1. The number of para-hydroxylation sites is 1. The first kappa shape index (κ1) is 15.0. The van der Waals surface area contributed by atoms with Crippen molar-refractivity contribution >= 4 is 5.69 Å². The van der Waals surface area contributed by atoms with Crippen LogP contribution in [0.2, 0.25) is 0 Å². The third kappa shape index (κ3) is 5.54. The number of hydrogen-bond acceptors (Lipinski definition) is 2. The Morgan fingerprint density at radius 2 is 1.78 bits per heavy atom. The van der Waals surface area contributed by atoms with Crippen molar-refractivity contribution < 1.29 is 0 Å². The molecule has 1 rings (SSSR count). The molecule has 0 aliphatic rings. The van der Waals surface area contributed by atoms with Gasteiger partial charge in [0.25, 0.3) is 0 Å². The number of nitrogens with two attached hydrogens (primary N) is 1. The summed E-state index contributed by atoms with van der Waals surface area (Å²) in [6.07, 6.45) is 3.65. The minimum absolute atomic E-state index is 0.341. The summed E-state index contributed by atoms with van der Waals surface area (Å²) in [7, 11) is 0. The van der Waals surface area contributed by atoms with Crippen LogP contribution in [0.15, 0.2) is 30.3 Å². The topological polar surface area (TPSA) is 29.3 Å². The summed E-state index contributed by atoms with van der Waals surface area (Å²) in [5.74, 6) is 0.726. The highest BCUT2D eigenvalue weighted by atomic mass is 15.1. The summed E-state index contributed by atoms with van der Waals surface area (Å²) >= 11 is 0. The van der Waals surface area contributed by atoms with Crippen molar-refractivity contribution in [1.82, 2.24) is 0 Å². The molecule has 0 aliphatic carbocycles. The van der Waals surface area contributed by atoms with E-state index in [1.807, 2.05) is 0 Å². The zero-order valence-corrected chi connectivity index (χ0v) is 12.1. The van der Waals surface area contributed by atoms with Crippen LogP contribution in [0.3, 0.4) is 0 Å². The van der Waals surface area contributed by atoms with Crippen LogP contribution >= 0.6 is 0 Å². The Kier molecular flexibility index (Phi) is 6.81. The number of anilines is 1. The Bertz CT molecular complexity index is 308. The van der Waals surface area contributed by atoms with Gasteiger partial charge in [-0.15, -0.1) is 0 Å². The van der Waals surface area contributed by atoms with Crippen LogP contribution in [0.25, 0.3) is 0 Å². The predicted molar refractivity (Wildman–Crippen MR) is 81.0 cm³/mol. The molecule has 18 heavy (non-hydrogen) atoms. The van der Waals surface area contributed by atoms with Gasteiger partial charge in [0.15, 0.2) is 0 Å². The fourth-order valence-electron chi connectivity index (χ4n) is 2.31. The van der Waals surface area contributed by atoms with Gasteiger partial charge in [-0.2, -0.15) is 0 Å². The molecule has 2 nitrogen and oxygen atoms in total. The molecule has 1 aromatic carbocycles. The second-order valence-electron chi connectivity index (χ2n) is 5.39. The van der Waals surface area contributed by atoms with Gasteiger partial charge in [0.05, 0.1) is 0 Å². The Morgan fingerprint density at radius 1 is 1.11 bits per heavy atom. The van der Waals surface area contributed by atoms with Crippen molar-refractivity contribution in [3.05, 3.63) is 30.3 Å². The molecule has 0 bridgehead atoms. The van der Waals surface area contributed by atoms with Gasteiger partial charge in [0.2, 0.25) is 0 Å². The average Bonchev–Trinajstić information content (AvgIpc) is 2.36. The van der Waals surface area contributed by atoms with Gasteiger partial charge in [-0.25, -0.2) is 0 Å². The molecule has 0 saturated carbocycles. The quantitative estimate of drug-likeness (QED) is 0.760. The molecule has 0 saturated heterocycles. The van der Waals surface area contributed by atoms with Gasteiger partial charge in [0, 0.05) is 24.8 Å². The van der Waals surface area contributed by atoms with Gasteiger partial charge in [0.1, 0.15) is 0 Å². The van der Waals surface area contributed by atoms with Gasteiger partial charge in [-0.1, -0.05) is 31.5 Å². The van der Waals surface area contributed by atoms with Gasteiger partial charge >= 0.3 is 0 Å². The van der Waals surface area contributed by atoms with Crippen molar-refractivity contribution in [2.45, 2.75) is 46.1 Å². The average molecular weight is 248 g/mol. The fraction of sp³-hybridized carbons (Fsp3) is 0.625. The van der Waals surface area contributed by atoms with Gasteiger partial charge in [-0.3, -0.25) is 0 Å². The van der Waals surface area contributed by atoms with E-state index < -0.39 is 0 Å². The fourth-order valence-corrected chi connectivity index (χ4v) is 2.31. The first-order valence-electron chi connectivity index (χ1n) is 7.19. The monoisotopic (exact) mass is 248 g/mol. The maximum absolute atomic E-state index is 5.79. The first-order chi connectivity index (χ1) is 8.63. The first-order valence-corrected chi connectivity index (χ1v) is 7.19. The zero-order valence-electron chi connectivity index (χ0n) is 12.1. The number of nitrogens with zero attached hydrogens (tertiary/aromatic N) is 1. The summed E-state index contributed by atoms with van der Waals surface area (Å²) in [5, 5.41) is 0. The Labute approximate surface area is 112 Å². The highest BCUT2D eigenvalue weighted by Gasteiger charge is 2.09. The molecule has 0 aliphatic heterocycles. The van der Waals surface area contributed by atoms with Crippen LogP contribution in [-0.4, -0.2) is 19.1 Å². The second-order valence-corrected chi connectivity index (χ2v) is 5.39. The molecule has 0 fully saturated rings. The van der Waals surface area contributed by atoms with E-state index in [1.54, 1.807) is 0 Å². The van der Waals surface area contributed by atoms with Crippen molar-refractivity contribution in [1.29, 1.82) is 0 Å². The minimum atomic E-state index is 0.341. The molecule has 0 spiro atoms. The SMILES string of the molecule is CCN(CC(C)CCCC(C)N)c1ccccc1.